The lowest BCUT2D eigenvalue weighted by molar-refractivity contribution is -0.142. The van der Waals surface area contributed by atoms with E-state index in [4.69, 9.17) is 5.73 Å². The summed E-state index contributed by atoms with van der Waals surface area (Å²) in [6.07, 6.45) is 0.621. The number of thiol groups is 1. The summed E-state index contributed by atoms with van der Waals surface area (Å²) < 4.78 is 0. The van der Waals surface area contributed by atoms with E-state index in [2.05, 4.69) is 28.6 Å². The highest BCUT2D eigenvalue weighted by Crippen LogP contribution is 2.13. The Hall–Kier alpha value is -2.79. The standard InChI is InChI=1S/C23H36N4O6S/c1-5-13(4)19(22(31)26-17(11-34)23(32)33)27-20(29)16(25-21(30)18(24)12(2)3)10-14-6-8-15(28)9-7-14/h6-9,12-13,16-19,28,34H,5,10-11,24H2,1-4H3,(H,25,30)(H,26,31)(H,27,29)(H,32,33). The van der Waals surface area contributed by atoms with Gasteiger partial charge in [0.15, 0.2) is 0 Å². The second kappa shape index (κ2) is 13.8. The SMILES string of the molecule is CCC(C)C(NC(=O)C(Cc1ccc(O)cc1)NC(=O)C(N)C(C)C)C(=O)NC(CS)C(=O)O. The second-order valence-corrected chi connectivity index (χ2v) is 9.02. The maximum atomic E-state index is 13.2. The number of phenols is 1. The number of aliphatic carboxylic acids is 1. The maximum absolute atomic E-state index is 13.2. The smallest absolute Gasteiger partial charge is 0.327 e. The number of hydrogen-bond donors (Lipinski definition) is 7. The van der Waals surface area contributed by atoms with Crippen molar-refractivity contribution in [1.82, 2.24) is 16.0 Å². The van der Waals surface area contributed by atoms with Gasteiger partial charge in [0.05, 0.1) is 6.04 Å². The number of nitrogens with two attached hydrogens (primary N) is 1. The van der Waals surface area contributed by atoms with Crippen molar-refractivity contribution in [3.63, 3.8) is 0 Å². The molecule has 0 aliphatic heterocycles. The average molecular weight is 497 g/mol. The first-order valence-corrected chi connectivity index (χ1v) is 11.8. The van der Waals surface area contributed by atoms with Crippen molar-refractivity contribution in [2.45, 2.75) is 64.7 Å². The molecular weight excluding hydrogens is 460 g/mol. The van der Waals surface area contributed by atoms with Crippen LogP contribution in [0.3, 0.4) is 0 Å². The zero-order valence-electron chi connectivity index (χ0n) is 19.9. The van der Waals surface area contributed by atoms with Gasteiger partial charge in [-0.05, 0) is 29.5 Å². The monoisotopic (exact) mass is 496 g/mol. The molecule has 0 heterocycles. The molecule has 3 amide bonds. The van der Waals surface area contributed by atoms with E-state index in [1.165, 1.54) is 12.1 Å². The lowest BCUT2D eigenvalue weighted by atomic mass is 9.96. The molecule has 1 aromatic rings. The quantitative estimate of drug-likeness (QED) is 0.194. The van der Waals surface area contributed by atoms with Crippen LogP contribution < -0.4 is 21.7 Å². The van der Waals surface area contributed by atoms with Gasteiger partial charge in [0.25, 0.3) is 0 Å². The van der Waals surface area contributed by atoms with E-state index >= 15 is 0 Å². The number of hydrogen-bond acceptors (Lipinski definition) is 7. The van der Waals surface area contributed by atoms with E-state index in [9.17, 15) is 29.4 Å². The van der Waals surface area contributed by atoms with E-state index in [0.717, 1.165) is 0 Å². The Balaban J connectivity index is 3.14. The number of aromatic hydroxyl groups is 1. The molecule has 0 aliphatic rings. The van der Waals surface area contributed by atoms with Gasteiger partial charge in [-0.2, -0.15) is 12.6 Å². The van der Waals surface area contributed by atoms with Crippen LogP contribution in [-0.4, -0.2) is 63.8 Å². The van der Waals surface area contributed by atoms with Crippen molar-refractivity contribution in [1.29, 1.82) is 0 Å². The normalized spacial score (nSPS) is 15.5. The van der Waals surface area contributed by atoms with E-state index in [-0.39, 0.29) is 29.8 Å². The number of rotatable bonds is 13. The van der Waals surface area contributed by atoms with Crippen LogP contribution >= 0.6 is 12.6 Å². The number of carbonyl (C=O) groups excluding carboxylic acids is 3. The summed E-state index contributed by atoms with van der Waals surface area (Å²) in [4.78, 5) is 50.0. The van der Waals surface area contributed by atoms with Crippen LogP contribution in [0, 0.1) is 11.8 Å². The van der Waals surface area contributed by atoms with Crippen LogP contribution in [0.25, 0.3) is 0 Å². The van der Waals surface area contributed by atoms with E-state index < -0.39 is 47.9 Å². The third-order valence-electron chi connectivity index (χ3n) is 5.62. The molecule has 11 heteroatoms. The van der Waals surface area contributed by atoms with E-state index in [1.807, 2.05) is 6.92 Å². The van der Waals surface area contributed by atoms with Gasteiger partial charge in [0.1, 0.15) is 23.9 Å². The van der Waals surface area contributed by atoms with Crippen molar-refractivity contribution in [2.24, 2.45) is 17.6 Å². The van der Waals surface area contributed by atoms with Gasteiger partial charge in [0.2, 0.25) is 17.7 Å². The summed E-state index contributed by atoms with van der Waals surface area (Å²) in [6, 6.07) is 2.03. The predicted molar refractivity (Wildman–Crippen MR) is 131 cm³/mol. The lowest BCUT2D eigenvalue weighted by Gasteiger charge is -2.28. The lowest BCUT2D eigenvalue weighted by Crippen LogP contribution is -2.59. The Morgan fingerprint density at radius 1 is 0.941 bits per heavy atom. The molecule has 5 atom stereocenters. The Morgan fingerprint density at radius 2 is 1.50 bits per heavy atom. The van der Waals surface area contributed by atoms with Gasteiger partial charge in [-0.25, -0.2) is 4.79 Å². The number of amides is 3. The van der Waals surface area contributed by atoms with Gasteiger partial charge in [-0.3, -0.25) is 14.4 Å². The highest BCUT2D eigenvalue weighted by Gasteiger charge is 2.32. The summed E-state index contributed by atoms with van der Waals surface area (Å²) in [5, 5.41) is 26.5. The summed E-state index contributed by atoms with van der Waals surface area (Å²) >= 11 is 3.95. The van der Waals surface area contributed by atoms with Crippen LogP contribution in [0.2, 0.25) is 0 Å². The zero-order valence-corrected chi connectivity index (χ0v) is 20.8. The molecule has 0 fully saturated rings. The minimum atomic E-state index is -1.24. The number of carboxylic acid groups (broad SMARTS) is 1. The maximum Gasteiger partial charge on any atom is 0.327 e. The molecular formula is C23H36N4O6S. The predicted octanol–water partition coefficient (Wildman–Crippen LogP) is 0.433. The van der Waals surface area contributed by atoms with Gasteiger partial charge < -0.3 is 31.9 Å². The van der Waals surface area contributed by atoms with Gasteiger partial charge >= 0.3 is 5.97 Å². The van der Waals surface area contributed by atoms with E-state index in [0.29, 0.717) is 12.0 Å². The fourth-order valence-corrected chi connectivity index (χ4v) is 3.30. The Labute approximate surface area is 205 Å². The van der Waals surface area contributed by atoms with Crippen molar-refractivity contribution < 1.29 is 29.4 Å². The molecule has 1 rings (SSSR count). The minimum Gasteiger partial charge on any atom is -0.508 e. The van der Waals surface area contributed by atoms with Crippen molar-refractivity contribution in [3.8, 4) is 5.75 Å². The van der Waals surface area contributed by atoms with E-state index in [1.54, 1.807) is 32.9 Å². The van der Waals surface area contributed by atoms with Crippen LogP contribution in [0.15, 0.2) is 24.3 Å². The first-order valence-electron chi connectivity index (χ1n) is 11.2. The molecule has 0 bridgehead atoms. The first kappa shape index (κ1) is 29.2. The highest BCUT2D eigenvalue weighted by molar-refractivity contribution is 7.80. The second-order valence-electron chi connectivity index (χ2n) is 8.66. The van der Waals surface area contributed by atoms with Crippen LogP contribution in [-0.2, 0) is 25.6 Å². The van der Waals surface area contributed by atoms with Crippen LogP contribution in [0.1, 0.15) is 39.7 Å². The highest BCUT2D eigenvalue weighted by atomic mass is 32.1. The fraction of sp³-hybridized carbons (Fsp3) is 0.565. The fourth-order valence-electron chi connectivity index (χ4n) is 3.05. The van der Waals surface area contributed by atoms with Crippen molar-refractivity contribution in [3.05, 3.63) is 29.8 Å². The summed E-state index contributed by atoms with van der Waals surface area (Å²) in [5.41, 5.74) is 6.60. The molecule has 0 spiro atoms. The number of phenolic OH excluding ortho intramolecular Hbond substituents is 1. The van der Waals surface area contributed by atoms with Crippen LogP contribution in [0.4, 0.5) is 0 Å². The van der Waals surface area contributed by atoms with Crippen molar-refractivity contribution in [2.75, 3.05) is 5.75 Å². The minimum absolute atomic E-state index is 0.0568. The molecule has 0 saturated heterocycles. The molecule has 7 N–H and O–H groups in total. The molecule has 10 nitrogen and oxygen atoms in total. The molecule has 1 aromatic carbocycles. The van der Waals surface area contributed by atoms with Crippen molar-refractivity contribution >= 4 is 36.3 Å². The first-order chi connectivity index (χ1) is 15.9. The van der Waals surface area contributed by atoms with Gasteiger partial charge in [-0.1, -0.05) is 46.2 Å². The summed E-state index contributed by atoms with van der Waals surface area (Å²) in [6.45, 7) is 7.15. The Kier molecular flexibility index (Phi) is 11.9. The Bertz CT molecular complexity index is 848. The third kappa shape index (κ3) is 8.86. The zero-order chi connectivity index (χ0) is 26.0. The average Bonchev–Trinajstić information content (AvgIpc) is 2.79. The number of benzene rings is 1. The van der Waals surface area contributed by atoms with Gasteiger partial charge in [0, 0.05) is 12.2 Å². The molecule has 5 unspecified atom stereocenters. The molecule has 0 aliphatic carbocycles. The summed E-state index contributed by atoms with van der Waals surface area (Å²) in [5.74, 6) is -3.56. The number of nitrogens with one attached hydrogen (secondary N) is 3. The molecule has 0 aromatic heterocycles. The summed E-state index contributed by atoms with van der Waals surface area (Å²) in [7, 11) is 0. The molecule has 0 radical (unpaired) electrons. The largest absolute Gasteiger partial charge is 0.508 e. The Morgan fingerprint density at radius 3 is 1.97 bits per heavy atom. The third-order valence-corrected chi connectivity index (χ3v) is 5.99. The number of carbonyl (C=O) groups is 4. The topological polar surface area (TPSA) is 171 Å². The van der Waals surface area contributed by atoms with Gasteiger partial charge in [-0.15, -0.1) is 0 Å². The molecule has 0 saturated carbocycles. The van der Waals surface area contributed by atoms with Crippen LogP contribution in [0.5, 0.6) is 5.75 Å². The number of carboxylic acids is 1. The molecule has 190 valence electrons. The molecule has 34 heavy (non-hydrogen) atoms.